The number of benzene rings is 1. The van der Waals surface area contributed by atoms with Crippen molar-refractivity contribution in [3.05, 3.63) is 24.3 Å². The highest BCUT2D eigenvalue weighted by atomic mass is 16.5. The lowest BCUT2D eigenvalue weighted by molar-refractivity contribution is -0.120. The highest BCUT2D eigenvalue weighted by Crippen LogP contribution is 2.20. The molecule has 0 radical (unpaired) electrons. The lowest BCUT2D eigenvalue weighted by atomic mass is 9.97. The van der Waals surface area contributed by atoms with Crippen LogP contribution in [0.15, 0.2) is 24.3 Å². The van der Waals surface area contributed by atoms with Crippen molar-refractivity contribution < 1.29 is 9.53 Å². The summed E-state index contributed by atoms with van der Waals surface area (Å²) in [4.78, 5) is 12.1. The second-order valence-electron chi connectivity index (χ2n) is 5.10. The SMILES string of the molecule is CCCOc1ccc(NC(=O)C2CNCC2C)cc1. The Morgan fingerprint density at radius 2 is 2.11 bits per heavy atom. The number of nitrogens with one attached hydrogen (secondary N) is 2. The van der Waals surface area contributed by atoms with Gasteiger partial charge in [-0.2, -0.15) is 0 Å². The maximum Gasteiger partial charge on any atom is 0.229 e. The summed E-state index contributed by atoms with van der Waals surface area (Å²) in [5, 5.41) is 6.20. The minimum Gasteiger partial charge on any atom is -0.494 e. The van der Waals surface area contributed by atoms with Gasteiger partial charge in [0.25, 0.3) is 0 Å². The molecule has 0 bridgehead atoms. The van der Waals surface area contributed by atoms with E-state index < -0.39 is 0 Å². The Morgan fingerprint density at radius 1 is 1.37 bits per heavy atom. The molecule has 2 unspecified atom stereocenters. The van der Waals surface area contributed by atoms with Crippen molar-refractivity contribution in [2.75, 3.05) is 25.0 Å². The Labute approximate surface area is 114 Å². The van der Waals surface area contributed by atoms with Crippen molar-refractivity contribution in [3.63, 3.8) is 0 Å². The van der Waals surface area contributed by atoms with E-state index in [2.05, 4.69) is 24.5 Å². The van der Waals surface area contributed by atoms with Gasteiger partial charge in [0, 0.05) is 12.2 Å². The molecule has 104 valence electrons. The summed E-state index contributed by atoms with van der Waals surface area (Å²) < 4.78 is 5.51. The molecule has 0 aliphatic carbocycles. The number of amides is 1. The monoisotopic (exact) mass is 262 g/mol. The van der Waals surface area contributed by atoms with E-state index in [1.807, 2.05) is 24.3 Å². The van der Waals surface area contributed by atoms with Gasteiger partial charge in [-0.25, -0.2) is 0 Å². The van der Waals surface area contributed by atoms with Crippen molar-refractivity contribution in [2.45, 2.75) is 20.3 Å². The number of ether oxygens (including phenoxy) is 1. The van der Waals surface area contributed by atoms with Crippen LogP contribution in [0.4, 0.5) is 5.69 Å². The maximum absolute atomic E-state index is 12.1. The zero-order chi connectivity index (χ0) is 13.7. The molecule has 1 heterocycles. The molecule has 1 aromatic carbocycles. The zero-order valence-corrected chi connectivity index (χ0v) is 11.6. The van der Waals surface area contributed by atoms with Crippen LogP contribution in [-0.2, 0) is 4.79 Å². The van der Waals surface area contributed by atoms with E-state index in [1.54, 1.807) is 0 Å². The molecule has 1 amide bonds. The van der Waals surface area contributed by atoms with E-state index in [0.29, 0.717) is 5.92 Å². The molecule has 1 aromatic rings. The molecule has 1 aliphatic rings. The first kappa shape index (κ1) is 13.9. The van der Waals surface area contributed by atoms with Crippen LogP contribution in [0.5, 0.6) is 5.75 Å². The molecule has 2 rings (SSSR count). The van der Waals surface area contributed by atoms with Gasteiger partial charge >= 0.3 is 0 Å². The van der Waals surface area contributed by atoms with Gasteiger partial charge in [-0.15, -0.1) is 0 Å². The fourth-order valence-corrected chi connectivity index (χ4v) is 2.25. The standard InChI is InChI=1S/C15H22N2O2/c1-3-8-19-13-6-4-12(5-7-13)17-15(18)14-10-16-9-11(14)2/h4-7,11,14,16H,3,8-10H2,1-2H3,(H,17,18). The largest absolute Gasteiger partial charge is 0.494 e. The Balaban J connectivity index is 1.90. The first-order valence-electron chi connectivity index (χ1n) is 6.95. The highest BCUT2D eigenvalue weighted by Gasteiger charge is 2.29. The second kappa shape index (κ2) is 6.57. The van der Waals surface area contributed by atoms with E-state index in [9.17, 15) is 4.79 Å². The lowest BCUT2D eigenvalue weighted by Gasteiger charge is -2.14. The smallest absolute Gasteiger partial charge is 0.229 e. The topological polar surface area (TPSA) is 50.4 Å². The maximum atomic E-state index is 12.1. The summed E-state index contributed by atoms with van der Waals surface area (Å²) in [6.07, 6.45) is 0.991. The summed E-state index contributed by atoms with van der Waals surface area (Å²) in [5.74, 6) is 1.40. The normalized spacial score (nSPS) is 22.2. The molecule has 1 fully saturated rings. The van der Waals surface area contributed by atoms with Crippen molar-refractivity contribution in [2.24, 2.45) is 11.8 Å². The predicted octanol–water partition coefficient (Wildman–Crippen LogP) is 2.27. The number of hydrogen-bond acceptors (Lipinski definition) is 3. The summed E-state index contributed by atoms with van der Waals surface area (Å²) >= 11 is 0. The molecular formula is C15H22N2O2. The van der Waals surface area contributed by atoms with E-state index in [0.717, 1.165) is 37.6 Å². The number of rotatable bonds is 5. The first-order valence-corrected chi connectivity index (χ1v) is 6.95. The fourth-order valence-electron chi connectivity index (χ4n) is 2.25. The van der Waals surface area contributed by atoms with Gasteiger partial charge in [-0.3, -0.25) is 4.79 Å². The molecule has 19 heavy (non-hydrogen) atoms. The van der Waals surface area contributed by atoms with Crippen molar-refractivity contribution in [1.29, 1.82) is 0 Å². The first-order chi connectivity index (χ1) is 9.20. The van der Waals surface area contributed by atoms with E-state index >= 15 is 0 Å². The summed E-state index contributed by atoms with van der Waals surface area (Å²) in [6.45, 7) is 6.58. The van der Waals surface area contributed by atoms with Crippen LogP contribution in [0.2, 0.25) is 0 Å². The Kier molecular flexibility index (Phi) is 4.80. The molecule has 2 atom stereocenters. The third kappa shape index (κ3) is 3.70. The summed E-state index contributed by atoms with van der Waals surface area (Å²) in [6, 6.07) is 7.55. The molecule has 2 N–H and O–H groups in total. The van der Waals surface area contributed by atoms with Crippen molar-refractivity contribution in [1.82, 2.24) is 5.32 Å². The lowest BCUT2D eigenvalue weighted by Crippen LogP contribution is -2.27. The minimum absolute atomic E-state index is 0.0658. The minimum atomic E-state index is 0.0658. The van der Waals surface area contributed by atoms with Gasteiger partial charge in [0.05, 0.1) is 12.5 Å². The number of hydrogen-bond donors (Lipinski definition) is 2. The van der Waals surface area contributed by atoms with Gasteiger partial charge in [0.1, 0.15) is 5.75 Å². The van der Waals surface area contributed by atoms with Gasteiger partial charge in [0.15, 0.2) is 0 Å². The third-order valence-electron chi connectivity index (χ3n) is 3.45. The Bertz CT molecular complexity index is 417. The van der Waals surface area contributed by atoms with E-state index in [-0.39, 0.29) is 11.8 Å². The second-order valence-corrected chi connectivity index (χ2v) is 5.10. The van der Waals surface area contributed by atoms with Gasteiger partial charge in [0.2, 0.25) is 5.91 Å². The summed E-state index contributed by atoms with van der Waals surface area (Å²) in [7, 11) is 0. The molecule has 4 heteroatoms. The molecule has 1 saturated heterocycles. The van der Waals surface area contributed by atoms with Crippen LogP contribution < -0.4 is 15.4 Å². The van der Waals surface area contributed by atoms with Crippen LogP contribution in [0.1, 0.15) is 20.3 Å². The number of anilines is 1. The molecule has 0 saturated carbocycles. The Morgan fingerprint density at radius 3 is 2.68 bits per heavy atom. The number of carbonyl (C=O) groups is 1. The van der Waals surface area contributed by atoms with E-state index in [1.165, 1.54) is 0 Å². The average molecular weight is 262 g/mol. The molecule has 0 aromatic heterocycles. The molecule has 0 spiro atoms. The molecular weight excluding hydrogens is 240 g/mol. The number of carbonyl (C=O) groups excluding carboxylic acids is 1. The van der Waals surface area contributed by atoms with E-state index in [4.69, 9.17) is 4.74 Å². The van der Waals surface area contributed by atoms with Gasteiger partial charge in [-0.05, 0) is 43.1 Å². The van der Waals surface area contributed by atoms with Crippen LogP contribution in [0.25, 0.3) is 0 Å². The molecule has 4 nitrogen and oxygen atoms in total. The quantitative estimate of drug-likeness (QED) is 0.856. The van der Waals surface area contributed by atoms with Crippen molar-refractivity contribution in [3.8, 4) is 5.75 Å². The van der Waals surface area contributed by atoms with Crippen LogP contribution in [-0.4, -0.2) is 25.6 Å². The third-order valence-corrected chi connectivity index (χ3v) is 3.45. The average Bonchev–Trinajstić information content (AvgIpc) is 2.84. The Hall–Kier alpha value is -1.55. The van der Waals surface area contributed by atoms with Gasteiger partial charge < -0.3 is 15.4 Å². The van der Waals surface area contributed by atoms with Crippen molar-refractivity contribution >= 4 is 11.6 Å². The molecule has 1 aliphatic heterocycles. The predicted molar refractivity (Wildman–Crippen MR) is 76.4 cm³/mol. The summed E-state index contributed by atoms with van der Waals surface area (Å²) in [5.41, 5.74) is 0.827. The highest BCUT2D eigenvalue weighted by molar-refractivity contribution is 5.93. The zero-order valence-electron chi connectivity index (χ0n) is 11.6. The fraction of sp³-hybridized carbons (Fsp3) is 0.533. The van der Waals surface area contributed by atoms with Crippen LogP contribution in [0, 0.1) is 11.8 Å². The van der Waals surface area contributed by atoms with Crippen LogP contribution >= 0.6 is 0 Å². The van der Waals surface area contributed by atoms with Gasteiger partial charge in [-0.1, -0.05) is 13.8 Å². The van der Waals surface area contributed by atoms with Crippen LogP contribution in [0.3, 0.4) is 0 Å².